The Morgan fingerprint density at radius 1 is 1.70 bits per heavy atom. The highest BCUT2D eigenvalue weighted by molar-refractivity contribution is 7.79. The Morgan fingerprint density at radius 2 is 2.40 bits per heavy atom. The summed E-state index contributed by atoms with van der Waals surface area (Å²) in [5.74, 6) is 0. The van der Waals surface area contributed by atoms with Gasteiger partial charge in [-0.25, -0.2) is 0 Å². The molecule has 0 aromatic carbocycles. The number of anilines is 1. The molecule has 54 valence electrons. The van der Waals surface area contributed by atoms with Crippen molar-refractivity contribution in [2.24, 2.45) is 0 Å². The number of nitrogens with zero attached hydrogens (tertiary/aromatic N) is 1. The minimum absolute atomic E-state index is 0.0440. The second kappa shape index (κ2) is 2.76. The van der Waals surface area contributed by atoms with E-state index in [0.29, 0.717) is 0 Å². The van der Waals surface area contributed by atoms with Crippen molar-refractivity contribution in [3.8, 4) is 0 Å². The number of pyridine rings is 1. The van der Waals surface area contributed by atoms with Crippen molar-refractivity contribution in [1.82, 2.24) is 4.98 Å². The monoisotopic (exact) mass is 157 g/mol. The lowest BCUT2D eigenvalue weighted by Gasteiger charge is -2.05. The first-order valence-corrected chi connectivity index (χ1v) is 3.58. The summed E-state index contributed by atoms with van der Waals surface area (Å²) in [6, 6.07) is 1.44. The lowest BCUT2D eigenvalue weighted by molar-refractivity contribution is 0.537. The van der Waals surface area contributed by atoms with Crippen LogP contribution >= 0.6 is 0 Å². The Labute approximate surface area is 60.4 Å². The molecule has 0 saturated heterocycles. The van der Waals surface area contributed by atoms with Gasteiger partial charge in [0.1, 0.15) is 0 Å². The van der Waals surface area contributed by atoms with Gasteiger partial charge >= 0.3 is 0 Å². The lowest BCUT2D eigenvalue weighted by atomic mass is 10.4. The Morgan fingerprint density at radius 3 is 2.80 bits per heavy atom. The average Bonchev–Trinajstić information content (AvgIpc) is 1.88. The summed E-state index contributed by atoms with van der Waals surface area (Å²) in [7, 11) is 0. The van der Waals surface area contributed by atoms with E-state index in [2.05, 4.69) is 4.98 Å². The summed E-state index contributed by atoms with van der Waals surface area (Å²) < 4.78 is 20.6. The van der Waals surface area contributed by atoms with Crippen LogP contribution in [0.3, 0.4) is 0 Å². The van der Waals surface area contributed by atoms with Gasteiger partial charge in [-0.2, -0.15) is 0 Å². The first kappa shape index (κ1) is 7.17. The van der Waals surface area contributed by atoms with Gasteiger partial charge in [-0.15, -0.1) is 0 Å². The van der Waals surface area contributed by atoms with E-state index in [-0.39, 0.29) is 10.6 Å². The number of hydrogen-bond donors (Lipinski definition) is 1. The zero-order valence-electron chi connectivity index (χ0n) is 4.98. The summed E-state index contributed by atoms with van der Waals surface area (Å²) in [5, 5.41) is 0. The quantitative estimate of drug-likeness (QED) is 0.577. The number of nitrogen functional groups attached to an aromatic ring is 1. The van der Waals surface area contributed by atoms with Gasteiger partial charge in [-0.3, -0.25) is 9.19 Å². The van der Waals surface area contributed by atoms with Crippen LogP contribution in [0.15, 0.2) is 23.4 Å². The van der Waals surface area contributed by atoms with Crippen molar-refractivity contribution in [1.29, 1.82) is 0 Å². The van der Waals surface area contributed by atoms with E-state index in [1.54, 1.807) is 0 Å². The highest BCUT2D eigenvalue weighted by Crippen LogP contribution is 2.10. The largest absolute Gasteiger partial charge is 0.768 e. The molecular weight excluding hydrogens is 152 g/mol. The summed E-state index contributed by atoms with van der Waals surface area (Å²) in [6.45, 7) is 0. The van der Waals surface area contributed by atoms with Crippen LogP contribution in [0, 0.1) is 0 Å². The average molecular weight is 157 g/mol. The topological polar surface area (TPSA) is 79.0 Å². The van der Waals surface area contributed by atoms with Crippen LogP contribution < -0.4 is 5.73 Å². The molecule has 0 spiro atoms. The molecule has 5 heteroatoms. The predicted octanol–water partition coefficient (Wildman–Crippen LogP) is -0.0982. The molecule has 2 N–H and O–H groups in total. The number of aromatic nitrogens is 1. The SMILES string of the molecule is Nc1ccncc1S(=O)[O-]. The Bertz CT molecular complexity index is 264. The van der Waals surface area contributed by atoms with Crippen LogP contribution in [-0.4, -0.2) is 13.7 Å². The molecule has 0 amide bonds. The van der Waals surface area contributed by atoms with Crippen molar-refractivity contribution in [3.05, 3.63) is 18.5 Å². The second-order valence-electron chi connectivity index (χ2n) is 1.65. The van der Waals surface area contributed by atoms with Gasteiger partial charge in [0.05, 0.1) is 4.90 Å². The van der Waals surface area contributed by atoms with Crippen molar-refractivity contribution in [2.45, 2.75) is 4.90 Å². The molecule has 1 rings (SSSR count). The molecule has 1 atom stereocenters. The van der Waals surface area contributed by atoms with E-state index in [9.17, 15) is 8.76 Å². The minimum Gasteiger partial charge on any atom is -0.768 e. The van der Waals surface area contributed by atoms with Gasteiger partial charge in [0.2, 0.25) is 0 Å². The molecule has 1 heterocycles. The smallest absolute Gasteiger partial charge is 0.0661 e. The zero-order valence-corrected chi connectivity index (χ0v) is 5.80. The van der Waals surface area contributed by atoms with Gasteiger partial charge in [0.25, 0.3) is 0 Å². The van der Waals surface area contributed by atoms with Gasteiger partial charge in [0.15, 0.2) is 0 Å². The highest BCUT2D eigenvalue weighted by atomic mass is 32.2. The molecule has 0 bridgehead atoms. The molecule has 1 unspecified atom stereocenters. The molecule has 1 aromatic heterocycles. The summed E-state index contributed by atoms with van der Waals surface area (Å²) >= 11 is -2.28. The third-order valence-electron chi connectivity index (χ3n) is 0.996. The van der Waals surface area contributed by atoms with Crippen LogP contribution in [0.1, 0.15) is 0 Å². The maximum Gasteiger partial charge on any atom is 0.0661 e. The van der Waals surface area contributed by atoms with E-state index in [1.807, 2.05) is 0 Å². The molecule has 0 aliphatic rings. The molecule has 0 radical (unpaired) electrons. The van der Waals surface area contributed by atoms with E-state index >= 15 is 0 Å². The van der Waals surface area contributed by atoms with Crippen LogP contribution in [-0.2, 0) is 11.1 Å². The van der Waals surface area contributed by atoms with Crippen LogP contribution in [0.5, 0.6) is 0 Å². The summed E-state index contributed by atoms with van der Waals surface area (Å²) in [6.07, 6.45) is 2.64. The Kier molecular flexibility index (Phi) is 1.98. The van der Waals surface area contributed by atoms with Crippen molar-refractivity contribution >= 4 is 16.8 Å². The molecule has 10 heavy (non-hydrogen) atoms. The number of hydrogen-bond acceptors (Lipinski definition) is 4. The van der Waals surface area contributed by atoms with Gasteiger partial charge in [-0.05, 0) is 17.1 Å². The standard InChI is InChI=1S/C5H6N2O2S/c6-4-1-2-7-3-5(4)10(8)9/h1-3H,(H2,6,7)(H,8,9)/p-1. The maximum atomic E-state index is 10.3. The summed E-state index contributed by atoms with van der Waals surface area (Å²) in [4.78, 5) is 3.64. The molecule has 0 fully saturated rings. The molecule has 1 aromatic rings. The number of rotatable bonds is 1. The maximum absolute atomic E-state index is 10.3. The fourth-order valence-electron chi connectivity index (χ4n) is 0.530. The molecule has 0 saturated carbocycles. The zero-order chi connectivity index (χ0) is 7.56. The van der Waals surface area contributed by atoms with Crippen LogP contribution in [0.4, 0.5) is 5.69 Å². The first-order chi connectivity index (χ1) is 4.72. The van der Waals surface area contributed by atoms with Crippen molar-refractivity contribution in [2.75, 3.05) is 5.73 Å². The fourth-order valence-corrected chi connectivity index (χ4v) is 0.937. The molecular formula is C5H5N2O2S-. The van der Waals surface area contributed by atoms with E-state index in [1.165, 1.54) is 18.5 Å². The van der Waals surface area contributed by atoms with Gasteiger partial charge < -0.3 is 10.3 Å². The van der Waals surface area contributed by atoms with Gasteiger partial charge in [-0.1, -0.05) is 0 Å². The first-order valence-electron chi connectivity index (χ1n) is 2.50. The van der Waals surface area contributed by atoms with E-state index in [4.69, 9.17) is 5.73 Å². The predicted molar refractivity (Wildman–Crippen MR) is 35.8 cm³/mol. The fraction of sp³-hybridized carbons (Fsp3) is 0. The third kappa shape index (κ3) is 1.31. The van der Waals surface area contributed by atoms with E-state index in [0.717, 1.165) is 0 Å². The second-order valence-corrected chi connectivity index (χ2v) is 2.56. The van der Waals surface area contributed by atoms with Crippen molar-refractivity contribution < 1.29 is 8.76 Å². The van der Waals surface area contributed by atoms with Crippen LogP contribution in [0.25, 0.3) is 0 Å². The summed E-state index contributed by atoms with van der Waals surface area (Å²) in [5.41, 5.74) is 5.51. The molecule has 0 aliphatic carbocycles. The lowest BCUT2D eigenvalue weighted by Crippen LogP contribution is -1.96. The Hall–Kier alpha value is -0.940. The van der Waals surface area contributed by atoms with E-state index < -0.39 is 11.1 Å². The van der Waals surface area contributed by atoms with Crippen molar-refractivity contribution in [3.63, 3.8) is 0 Å². The Balaban J connectivity index is 3.15. The third-order valence-corrected chi connectivity index (χ3v) is 1.70. The highest BCUT2D eigenvalue weighted by Gasteiger charge is 1.95. The number of nitrogens with two attached hydrogens (primary N) is 1. The minimum atomic E-state index is -2.28. The van der Waals surface area contributed by atoms with Crippen LogP contribution in [0.2, 0.25) is 0 Å². The normalized spacial score (nSPS) is 12.9. The molecule has 0 aliphatic heterocycles. The molecule has 4 nitrogen and oxygen atoms in total. The van der Waals surface area contributed by atoms with Gasteiger partial charge in [0, 0.05) is 18.1 Å².